The molecule has 0 spiro atoms. The molecule has 2 rings (SSSR count). The van der Waals surface area contributed by atoms with Crippen molar-refractivity contribution in [1.29, 1.82) is 0 Å². The Morgan fingerprint density at radius 3 is 2.62 bits per heavy atom. The van der Waals surface area contributed by atoms with Crippen molar-refractivity contribution in [2.45, 2.75) is 32.9 Å². The van der Waals surface area contributed by atoms with E-state index in [0.717, 1.165) is 12.0 Å². The quantitative estimate of drug-likeness (QED) is 0.392. The van der Waals surface area contributed by atoms with Crippen LogP contribution in [0.4, 0.5) is 0 Å². The van der Waals surface area contributed by atoms with Gasteiger partial charge in [0.25, 0.3) is 0 Å². The molecule has 2 aromatic rings. The van der Waals surface area contributed by atoms with Gasteiger partial charge in [-0.25, -0.2) is 5.43 Å². The number of amides is 2. The number of carbonyl (C=O) groups excluding carboxylic acids is 2. The van der Waals surface area contributed by atoms with E-state index in [1.807, 2.05) is 32.0 Å². The summed E-state index contributed by atoms with van der Waals surface area (Å²) in [5.74, 6) is -0.640. The fourth-order valence-corrected chi connectivity index (χ4v) is 2.51. The number of para-hydroxylation sites is 1. The first-order valence-corrected chi connectivity index (χ1v) is 9.51. The molecular weight excluding hydrogens is 394 g/mol. The Labute approximate surface area is 175 Å². The molecule has 0 aliphatic carbocycles. The van der Waals surface area contributed by atoms with E-state index >= 15 is 0 Å². The summed E-state index contributed by atoms with van der Waals surface area (Å²) in [7, 11) is 1.53. The Morgan fingerprint density at radius 2 is 1.93 bits per heavy atom. The summed E-state index contributed by atoms with van der Waals surface area (Å²) in [6, 6.07) is 12.5. The summed E-state index contributed by atoms with van der Waals surface area (Å²) in [6.45, 7) is 3.95. The minimum Gasteiger partial charge on any atom is -0.493 e. The average molecular weight is 418 g/mol. The monoisotopic (exact) mass is 417 g/mol. The highest BCUT2D eigenvalue weighted by Gasteiger charge is 2.15. The summed E-state index contributed by atoms with van der Waals surface area (Å²) in [5, 5.41) is 7.02. The highest BCUT2D eigenvalue weighted by atomic mass is 35.5. The second-order valence-corrected chi connectivity index (χ2v) is 6.65. The first-order chi connectivity index (χ1) is 14.0. The molecule has 1 atom stereocenters. The first-order valence-electron chi connectivity index (χ1n) is 9.13. The minimum absolute atomic E-state index is 0.0968. The molecule has 7 nitrogen and oxygen atoms in total. The van der Waals surface area contributed by atoms with Gasteiger partial charge in [-0.2, -0.15) is 5.10 Å². The lowest BCUT2D eigenvalue weighted by atomic mass is 10.2. The van der Waals surface area contributed by atoms with Gasteiger partial charge in [-0.05, 0) is 31.5 Å². The molecule has 0 aromatic heterocycles. The standard InChI is InChI=1S/C21H24ClN3O4/c1-4-14(2)24-20(26)21(27)25-23-12-15-9-7-11-18(28-3)19(15)29-13-16-8-5-6-10-17(16)22/h5-12,14H,4,13H2,1-3H3,(H,24,26)(H,25,27)/b23-12-/t14-/m1/s1. The van der Waals surface area contributed by atoms with Crippen LogP contribution in [-0.2, 0) is 16.2 Å². The number of hydrazone groups is 1. The van der Waals surface area contributed by atoms with Gasteiger partial charge in [0.05, 0.1) is 13.3 Å². The van der Waals surface area contributed by atoms with Crippen molar-refractivity contribution >= 4 is 29.6 Å². The Hall–Kier alpha value is -3.06. The number of nitrogens with zero attached hydrogens (tertiary/aromatic N) is 1. The lowest BCUT2D eigenvalue weighted by molar-refractivity contribution is -0.139. The number of ether oxygens (including phenoxy) is 2. The van der Waals surface area contributed by atoms with Gasteiger partial charge in [0, 0.05) is 22.2 Å². The van der Waals surface area contributed by atoms with Crippen LogP contribution in [0.2, 0.25) is 5.02 Å². The normalized spacial score (nSPS) is 11.7. The van der Waals surface area contributed by atoms with Crippen molar-refractivity contribution in [3.05, 3.63) is 58.6 Å². The predicted octanol–water partition coefficient (Wildman–Crippen LogP) is 3.29. The van der Waals surface area contributed by atoms with Gasteiger partial charge in [0.2, 0.25) is 0 Å². The van der Waals surface area contributed by atoms with Crippen molar-refractivity contribution in [3.8, 4) is 11.5 Å². The number of rotatable bonds is 8. The molecule has 0 heterocycles. The summed E-state index contributed by atoms with van der Waals surface area (Å²) in [5.41, 5.74) is 3.60. The van der Waals surface area contributed by atoms with Crippen molar-refractivity contribution in [3.63, 3.8) is 0 Å². The molecule has 2 aromatic carbocycles. The highest BCUT2D eigenvalue weighted by Crippen LogP contribution is 2.31. The van der Waals surface area contributed by atoms with Gasteiger partial charge in [0.1, 0.15) is 6.61 Å². The Balaban J connectivity index is 2.10. The summed E-state index contributed by atoms with van der Waals surface area (Å²) in [6.07, 6.45) is 2.11. The Morgan fingerprint density at radius 1 is 1.17 bits per heavy atom. The van der Waals surface area contributed by atoms with E-state index in [1.54, 1.807) is 24.3 Å². The number of nitrogens with one attached hydrogen (secondary N) is 2. The Kier molecular flexibility index (Phi) is 8.48. The molecule has 154 valence electrons. The van der Waals surface area contributed by atoms with Crippen LogP contribution >= 0.6 is 11.6 Å². The van der Waals surface area contributed by atoms with Gasteiger partial charge in [-0.15, -0.1) is 0 Å². The SMILES string of the molecule is CC[C@@H](C)NC(=O)C(=O)N/N=C\c1cccc(OC)c1OCc1ccccc1Cl. The molecule has 0 aliphatic heterocycles. The lowest BCUT2D eigenvalue weighted by Crippen LogP contribution is -2.41. The van der Waals surface area contributed by atoms with E-state index < -0.39 is 11.8 Å². The Bertz CT molecular complexity index is 886. The van der Waals surface area contributed by atoms with Gasteiger partial charge in [-0.3, -0.25) is 9.59 Å². The molecule has 0 fully saturated rings. The number of carbonyl (C=O) groups is 2. The van der Waals surface area contributed by atoms with Gasteiger partial charge in [0.15, 0.2) is 11.5 Å². The molecule has 8 heteroatoms. The van der Waals surface area contributed by atoms with E-state index in [2.05, 4.69) is 15.8 Å². The second-order valence-electron chi connectivity index (χ2n) is 6.24. The van der Waals surface area contributed by atoms with Crippen molar-refractivity contribution in [2.24, 2.45) is 5.10 Å². The maximum Gasteiger partial charge on any atom is 0.329 e. The number of methoxy groups -OCH3 is 1. The summed E-state index contributed by atoms with van der Waals surface area (Å²) >= 11 is 6.18. The molecule has 0 unspecified atom stereocenters. The van der Waals surface area contributed by atoms with E-state index in [-0.39, 0.29) is 12.6 Å². The van der Waals surface area contributed by atoms with Gasteiger partial charge < -0.3 is 14.8 Å². The molecule has 2 N–H and O–H groups in total. The molecule has 0 bridgehead atoms. The summed E-state index contributed by atoms with van der Waals surface area (Å²) < 4.78 is 11.3. The van der Waals surface area contributed by atoms with E-state index in [9.17, 15) is 9.59 Å². The highest BCUT2D eigenvalue weighted by molar-refractivity contribution is 6.35. The van der Waals surface area contributed by atoms with Crippen LogP contribution in [-0.4, -0.2) is 31.2 Å². The molecule has 0 saturated carbocycles. The molecule has 29 heavy (non-hydrogen) atoms. The van der Waals surface area contributed by atoms with Crippen LogP contribution in [0.1, 0.15) is 31.4 Å². The van der Waals surface area contributed by atoms with Crippen molar-refractivity contribution in [2.75, 3.05) is 7.11 Å². The van der Waals surface area contributed by atoms with E-state index in [0.29, 0.717) is 22.1 Å². The maximum atomic E-state index is 11.8. The van der Waals surface area contributed by atoms with Crippen molar-refractivity contribution < 1.29 is 19.1 Å². The molecule has 0 radical (unpaired) electrons. The fourth-order valence-electron chi connectivity index (χ4n) is 2.32. The molecule has 0 saturated heterocycles. The number of hydrogen-bond donors (Lipinski definition) is 2. The second kappa shape index (κ2) is 11.1. The van der Waals surface area contributed by atoms with Crippen molar-refractivity contribution in [1.82, 2.24) is 10.7 Å². The van der Waals surface area contributed by atoms with Gasteiger partial charge in [-0.1, -0.05) is 42.8 Å². The third kappa shape index (κ3) is 6.50. The number of benzene rings is 2. The zero-order valence-electron chi connectivity index (χ0n) is 16.6. The third-order valence-corrected chi connectivity index (χ3v) is 4.49. The van der Waals surface area contributed by atoms with Crippen LogP contribution in [0.5, 0.6) is 11.5 Å². The fraction of sp³-hybridized carbons (Fsp3) is 0.286. The van der Waals surface area contributed by atoms with Crippen LogP contribution in [0.15, 0.2) is 47.6 Å². The van der Waals surface area contributed by atoms with Crippen LogP contribution in [0, 0.1) is 0 Å². The number of halogens is 1. The molecule has 0 aliphatic rings. The van der Waals surface area contributed by atoms with Crippen LogP contribution in [0.3, 0.4) is 0 Å². The maximum absolute atomic E-state index is 11.8. The van der Waals surface area contributed by atoms with E-state index in [1.165, 1.54) is 13.3 Å². The topological polar surface area (TPSA) is 89.0 Å². The summed E-state index contributed by atoms with van der Waals surface area (Å²) in [4.78, 5) is 23.6. The van der Waals surface area contributed by atoms with Crippen LogP contribution in [0.25, 0.3) is 0 Å². The molecular formula is C21H24ClN3O4. The zero-order valence-corrected chi connectivity index (χ0v) is 17.3. The van der Waals surface area contributed by atoms with E-state index in [4.69, 9.17) is 21.1 Å². The lowest BCUT2D eigenvalue weighted by Gasteiger charge is -2.14. The predicted molar refractivity (Wildman–Crippen MR) is 112 cm³/mol. The molecule has 2 amide bonds. The number of hydrogen-bond acceptors (Lipinski definition) is 5. The smallest absolute Gasteiger partial charge is 0.329 e. The first kappa shape index (κ1) is 22.2. The largest absolute Gasteiger partial charge is 0.493 e. The van der Waals surface area contributed by atoms with Gasteiger partial charge >= 0.3 is 11.8 Å². The zero-order chi connectivity index (χ0) is 21.2. The minimum atomic E-state index is -0.844. The third-order valence-electron chi connectivity index (χ3n) is 4.12. The average Bonchev–Trinajstić information content (AvgIpc) is 2.73. The van der Waals surface area contributed by atoms with Crippen LogP contribution < -0.4 is 20.2 Å².